The van der Waals surface area contributed by atoms with Gasteiger partial charge < -0.3 is 14.7 Å². The van der Waals surface area contributed by atoms with Crippen molar-refractivity contribution in [2.24, 2.45) is 5.92 Å². The van der Waals surface area contributed by atoms with Crippen LogP contribution in [-0.4, -0.2) is 49.4 Å². The van der Waals surface area contributed by atoms with Gasteiger partial charge in [0.05, 0.1) is 5.92 Å². The van der Waals surface area contributed by atoms with E-state index in [2.05, 4.69) is 36.9 Å². The molecule has 2 heterocycles. The fourth-order valence-corrected chi connectivity index (χ4v) is 4.37. The number of anilines is 2. The second kappa shape index (κ2) is 8.07. The normalized spacial score (nSPS) is 19.8. The maximum atomic E-state index is 13.0. The second-order valence-corrected chi connectivity index (χ2v) is 8.35. The third-order valence-electron chi connectivity index (χ3n) is 6.12. The van der Waals surface area contributed by atoms with Gasteiger partial charge in [-0.05, 0) is 55.3 Å². The number of hydrogen-bond acceptors (Lipinski definition) is 3. The number of piperazine rings is 1. The number of nitrogens with zero attached hydrogens (tertiary/aromatic N) is 3. The lowest BCUT2D eigenvalue weighted by atomic mass is 10.1. The number of hydrogen-bond donors (Lipinski definition) is 0. The van der Waals surface area contributed by atoms with Crippen LogP contribution in [0.5, 0.6) is 0 Å². The molecule has 4 rings (SSSR count). The molecule has 0 N–H and O–H groups in total. The summed E-state index contributed by atoms with van der Waals surface area (Å²) in [5, 5.41) is 0.634. The summed E-state index contributed by atoms with van der Waals surface area (Å²) < 4.78 is 0. The number of rotatable bonds is 3. The summed E-state index contributed by atoms with van der Waals surface area (Å²) >= 11 is 5.94. The molecule has 0 saturated carbocycles. The first-order valence-electron chi connectivity index (χ1n) is 10.1. The molecule has 0 spiro atoms. The molecule has 0 bridgehead atoms. The molecule has 2 aromatic rings. The third kappa shape index (κ3) is 3.97. The molecule has 2 saturated heterocycles. The Kier molecular flexibility index (Phi) is 5.50. The lowest BCUT2D eigenvalue weighted by molar-refractivity contribution is -0.136. The highest BCUT2D eigenvalue weighted by atomic mass is 35.5. The van der Waals surface area contributed by atoms with Gasteiger partial charge in [-0.3, -0.25) is 9.59 Å². The predicted octanol–water partition coefficient (Wildman–Crippen LogP) is 3.66. The summed E-state index contributed by atoms with van der Waals surface area (Å²) in [6.45, 7) is 7.74. The Morgan fingerprint density at radius 3 is 2.38 bits per heavy atom. The Balaban J connectivity index is 1.38. The van der Waals surface area contributed by atoms with Crippen LogP contribution < -0.4 is 9.80 Å². The molecular weight excluding hydrogens is 386 g/mol. The van der Waals surface area contributed by atoms with E-state index >= 15 is 0 Å². The molecule has 0 aliphatic carbocycles. The second-order valence-electron chi connectivity index (χ2n) is 7.91. The molecular formula is C23H26ClN3O2. The van der Waals surface area contributed by atoms with E-state index in [1.807, 2.05) is 17.0 Å². The van der Waals surface area contributed by atoms with Crippen LogP contribution in [0.2, 0.25) is 5.02 Å². The highest BCUT2D eigenvalue weighted by Crippen LogP contribution is 2.28. The van der Waals surface area contributed by atoms with Gasteiger partial charge in [0.1, 0.15) is 0 Å². The van der Waals surface area contributed by atoms with E-state index in [-0.39, 0.29) is 24.2 Å². The predicted molar refractivity (Wildman–Crippen MR) is 117 cm³/mol. The molecule has 2 fully saturated rings. The van der Waals surface area contributed by atoms with E-state index in [1.165, 1.54) is 16.8 Å². The van der Waals surface area contributed by atoms with Crippen molar-refractivity contribution < 1.29 is 9.59 Å². The van der Waals surface area contributed by atoms with Crippen molar-refractivity contribution in [3.8, 4) is 0 Å². The zero-order chi connectivity index (χ0) is 20.5. The quantitative estimate of drug-likeness (QED) is 0.774. The molecule has 2 aliphatic rings. The summed E-state index contributed by atoms with van der Waals surface area (Å²) in [5.74, 6) is -0.180. The Bertz CT molecular complexity index is 920. The van der Waals surface area contributed by atoms with E-state index in [1.54, 1.807) is 17.0 Å². The van der Waals surface area contributed by atoms with Crippen LogP contribution in [0.4, 0.5) is 11.4 Å². The zero-order valence-electron chi connectivity index (χ0n) is 16.9. The van der Waals surface area contributed by atoms with Crippen molar-refractivity contribution in [3.05, 3.63) is 58.6 Å². The fourth-order valence-electron chi connectivity index (χ4n) is 4.25. The van der Waals surface area contributed by atoms with Crippen LogP contribution in [0.1, 0.15) is 17.5 Å². The van der Waals surface area contributed by atoms with Gasteiger partial charge in [0.25, 0.3) is 0 Å². The maximum Gasteiger partial charge on any atom is 0.228 e. The van der Waals surface area contributed by atoms with E-state index in [0.29, 0.717) is 24.7 Å². The first-order valence-corrected chi connectivity index (χ1v) is 10.5. The zero-order valence-corrected chi connectivity index (χ0v) is 17.7. The summed E-state index contributed by atoms with van der Waals surface area (Å²) in [6, 6.07) is 13.6. The highest BCUT2D eigenvalue weighted by Gasteiger charge is 2.38. The van der Waals surface area contributed by atoms with Crippen molar-refractivity contribution >= 4 is 34.8 Å². The molecule has 2 aromatic carbocycles. The SMILES string of the molecule is Cc1cccc(N2CCN(C(=O)[C@@H]3CC(=O)N(c4ccc(Cl)cc4)C3)CC2)c1C. The molecule has 0 radical (unpaired) electrons. The van der Waals surface area contributed by atoms with Crippen LogP contribution in [-0.2, 0) is 9.59 Å². The van der Waals surface area contributed by atoms with Crippen LogP contribution in [0.3, 0.4) is 0 Å². The lowest BCUT2D eigenvalue weighted by Gasteiger charge is -2.38. The van der Waals surface area contributed by atoms with Gasteiger partial charge in [-0.1, -0.05) is 23.7 Å². The van der Waals surface area contributed by atoms with Gasteiger partial charge >= 0.3 is 0 Å². The fraction of sp³-hybridized carbons (Fsp3) is 0.391. The van der Waals surface area contributed by atoms with Gasteiger partial charge in [0, 0.05) is 55.5 Å². The number of benzene rings is 2. The van der Waals surface area contributed by atoms with Gasteiger partial charge in [0.15, 0.2) is 0 Å². The van der Waals surface area contributed by atoms with Crippen LogP contribution in [0.15, 0.2) is 42.5 Å². The van der Waals surface area contributed by atoms with Gasteiger partial charge in [0.2, 0.25) is 11.8 Å². The van der Waals surface area contributed by atoms with Crippen LogP contribution in [0, 0.1) is 19.8 Å². The molecule has 0 aromatic heterocycles. The van der Waals surface area contributed by atoms with E-state index < -0.39 is 0 Å². The summed E-state index contributed by atoms with van der Waals surface area (Å²) in [7, 11) is 0. The van der Waals surface area contributed by atoms with Crippen molar-refractivity contribution in [2.75, 3.05) is 42.5 Å². The molecule has 2 amide bonds. The average molecular weight is 412 g/mol. The third-order valence-corrected chi connectivity index (χ3v) is 6.37. The monoisotopic (exact) mass is 411 g/mol. The Morgan fingerprint density at radius 1 is 1.00 bits per heavy atom. The minimum atomic E-state index is -0.273. The molecule has 5 nitrogen and oxygen atoms in total. The number of halogens is 1. The first-order chi connectivity index (χ1) is 13.9. The minimum Gasteiger partial charge on any atom is -0.368 e. The van der Waals surface area contributed by atoms with Gasteiger partial charge in [-0.25, -0.2) is 0 Å². The van der Waals surface area contributed by atoms with E-state index in [4.69, 9.17) is 11.6 Å². The summed E-state index contributed by atoms with van der Waals surface area (Å²) in [5.41, 5.74) is 4.64. The Labute approximate surface area is 176 Å². The summed E-state index contributed by atoms with van der Waals surface area (Å²) in [4.78, 5) is 31.5. The van der Waals surface area contributed by atoms with Crippen LogP contribution in [0.25, 0.3) is 0 Å². The van der Waals surface area contributed by atoms with Crippen molar-refractivity contribution in [1.29, 1.82) is 0 Å². The van der Waals surface area contributed by atoms with E-state index in [9.17, 15) is 9.59 Å². The smallest absolute Gasteiger partial charge is 0.228 e. The Morgan fingerprint density at radius 2 is 1.69 bits per heavy atom. The van der Waals surface area contributed by atoms with Gasteiger partial charge in [-0.2, -0.15) is 0 Å². The van der Waals surface area contributed by atoms with Crippen molar-refractivity contribution in [3.63, 3.8) is 0 Å². The number of carbonyl (C=O) groups excluding carboxylic acids is 2. The van der Waals surface area contributed by atoms with Crippen LogP contribution >= 0.6 is 11.6 Å². The molecule has 2 aliphatic heterocycles. The first kappa shape index (κ1) is 19.8. The average Bonchev–Trinajstić information content (AvgIpc) is 3.12. The van der Waals surface area contributed by atoms with Crippen molar-refractivity contribution in [1.82, 2.24) is 4.90 Å². The number of amides is 2. The van der Waals surface area contributed by atoms with Crippen molar-refractivity contribution in [2.45, 2.75) is 20.3 Å². The number of carbonyl (C=O) groups is 2. The van der Waals surface area contributed by atoms with E-state index in [0.717, 1.165) is 18.8 Å². The standard InChI is InChI=1S/C23H26ClN3O2/c1-16-4-3-5-21(17(16)2)25-10-12-26(13-11-25)23(29)18-14-22(28)27(15-18)20-8-6-19(24)7-9-20/h3-9,18H,10-15H2,1-2H3/t18-/m1/s1. The molecule has 1 atom stereocenters. The molecule has 29 heavy (non-hydrogen) atoms. The Hall–Kier alpha value is -2.53. The minimum absolute atomic E-state index is 0.000283. The highest BCUT2D eigenvalue weighted by molar-refractivity contribution is 6.30. The summed E-state index contributed by atoms with van der Waals surface area (Å²) in [6.07, 6.45) is 0.276. The molecule has 6 heteroatoms. The molecule has 0 unspecified atom stereocenters. The topological polar surface area (TPSA) is 43.9 Å². The maximum absolute atomic E-state index is 13.0. The van der Waals surface area contributed by atoms with Gasteiger partial charge in [-0.15, -0.1) is 0 Å². The number of aryl methyl sites for hydroxylation is 1. The largest absolute Gasteiger partial charge is 0.368 e. The molecule has 152 valence electrons. The lowest BCUT2D eigenvalue weighted by Crippen LogP contribution is -2.51.